The van der Waals surface area contributed by atoms with Crippen molar-refractivity contribution in [3.63, 3.8) is 0 Å². The quantitative estimate of drug-likeness (QED) is 0.606. The van der Waals surface area contributed by atoms with Gasteiger partial charge in [0.05, 0.1) is 18.7 Å². The van der Waals surface area contributed by atoms with Crippen LogP contribution in [0.15, 0.2) is 48.5 Å². The van der Waals surface area contributed by atoms with E-state index in [4.69, 9.17) is 4.74 Å². The number of rotatable bonds is 5. The van der Waals surface area contributed by atoms with Crippen molar-refractivity contribution in [3.8, 4) is 5.75 Å². The van der Waals surface area contributed by atoms with E-state index in [1.54, 1.807) is 0 Å². The van der Waals surface area contributed by atoms with Gasteiger partial charge in [-0.15, -0.1) is 0 Å². The molecule has 2 aromatic carbocycles. The summed E-state index contributed by atoms with van der Waals surface area (Å²) in [5.74, 6) is -1.85. The molecule has 3 rings (SSSR count). The van der Waals surface area contributed by atoms with Crippen LogP contribution in [0.4, 0.5) is 10.5 Å². The number of hydrogen-bond donors (Lipinski definition) is 2. The van der Waals surface area contributed by atoms with Crippen molar-refractivity contribution in [3.05, 3.63) is 59.7 Å². The number of likely N-dealkylation sites (tertiary alicyclic amines) is 1. The number of nitrogens with one attached hydrogen (secondary N) is 1. The number of phenolic OH excluding ortho intramolecular Hbond substituents is 1. The highest BCUT2D eigenvalue weighted by atomic mass is 16.6. The molecule has 8 nitrogen and oxygen atoms in total. The number of benzene rings is 2. The fraction of sp³-hybridized carbons (Fsp3) is 0.250. The molecule has 2 aromatic rings. The number of carbonyl (C=O) groups is 3. The second-order valence-electron chi connectivity index (χ2n) is 6.32. The third-order valence-electron chi connectivity index (χ3n) is 4.41. The highest BCUT2D eigenvalue weighted by Gasteiger charge is 2.37. The Balaban J connectivity index is 1.50. The van der Waals surface area contributed by atoms with Gasteiger partial charge in [-0.1, -0.05) is 36.4 Å². The van der Waals surface area contributed by atoms with Gasteiger partial charge in [-0.2, -0.15) is 0 Å². The molecule has 2 N–H and O–H groups in total. The number of anilines is 1. The summed E-state index contributed by atoms with van der Waals surface area (Å²) in [4.78, 5) is 37.4. The molecule has 0 radical (unpaired) electrons. The van der Waals surface area contributed by atoms with Crippen molar-refractivity contribution in [2.24, 2.45) is 5.92 Å². The fourth-order valence-corrected chi connectivity index (χ4v) is 2.76. The highest BCUT2D eigenvalue weighted by Crippen LogP contribution is 2.29. The number of methoxy groups -OCH3 is 1. The van der Waals surface area contributed by atoms with Crippen LogP contribution in [0.25, 0.3) is 0 Å². The number of carbonyl (C=O) groups excluding carboxylic acids is 3. The van der Waals surface area contributed by atoms with Crippen LogP contribution in [0, 0.1) is 5.92 Å². The maximum absolute atomic E-state index is 12.3. The minimum absolute atomic E-state index is 0.0416. The Morgan fingerprint density at radius 2 is 1.82 bits per heavy atom. The van der Waals surface area contributed by atoms with Gasteiger partial charge < -0.3 is 24.8 Å². The molecule has 1 fully saturated rings. The van der Waals surface area contributed by atoms with Crippen molar-refractivity contribution in [2.75, 3.05) is 25.5 Å². The Hall–Kier alpha value is -3.55. The van der Waals surface area contributed by atoms with Gasteiger partial charge in [0.2, 0.25) is 5.91 Å². The van der Waals surface area contributed by atoms with Crippen molar-refractivity contribution in [2.45, 2.75) is 6.61 Å². The molecule has 28 heavy (non-hydrogen) atoms. The minimum Gasteiger partial charge on any atom is -0.505 e. The number of esters is 1. The fourth-order valence-electron chi connectivity index (χ4n) is 2.76. The topological polar surface area (TPSA) is 105 Å². The lowest BCUT2D eigenvalue weighted by Gasteiger charge is -2.37. The smallest absolute Gasteiger partial charge is 0.410 e. The van der Waals surface area contributed by atoms with Crippen LogP contribution < -0.4 is 5.32 Å². The van der Waals surface area contributed by atoms with Crippen molar-refractivity contribution >= 4 is 23.7 Å². The molecule has 0 unspecified atom stereocenters. The van der Waals surface area contributed by atoms with Crippen molar-refractivity contribution in [1.82, 2.24) is 4.90 Å². The number of hydrogen-bond acceptors (Lipinski definition) is 6. The zero-order valence-electron chi connectivity index (χ0n) is 15.3. The van der Waals surface area contributed by atoms with Gasteiger partial charge in [0.1, 0.15) is 12.2 Å². The lowest BCUT2D eigenvalue weighted by Crippen LogP contribution is -2.54. The van der Waals surface area contributed by atoms with Gasteiger partial charge >= 0.3 is 12.1 Å². The first-order chi connectivity index (χ1) is 13.5. The molecule has 0 atom stereocenters. The number of nitrogens with zero attached hydrogens (tertiary/aromatic N) is 1. The Bertz CT molecular complexity index is 878. The molecular formula is C20H20N2O6. The minimum atomic E-state index is -0.704. The van der Waals surface area contributed by atoms with E-state index in [0.717, 1.165) is 5.56 Å². The SMILES string of the molecule is COC(=O)c1cccc(NC(=O)C2CN(C(=O)OCc3ccccc3)C2)c1O. The number of para-hydroxylation sites is 1. The second kappa shape index (κ2) is 8.43. The molecule has 1 aliphatic heterocycles. The summed E-state index contributed by atoms with van der Waals surface area (Å²) >= 11 is 0. The summed E-state index contributed by atoms with van der Waals surface area (Å²) in [5, 5.41) is 12.7. The Kier molecular flexibility index (Phi) is 5.78. The van der Waals surface area contributed by atoms with E-state index in [-0.39, 0.29) is 42.6 Å². The lowest BCUT2D eigenvalue weighted by molar-refractivity contribution is -0.124. The van der Waals surface area contributed by atoms with Crippen molar-refractivity contribution in [1.29, 1.82) is 0 Å². The van der Waals surface area contributed by atoms with Gasteiger partial charge in [0.25, 0.3) is 0 Å². The first kappa shape index (κ1) is 19.2. The summed E-state index contributed by atoms with van der Waals surface area (Å²) in [7, 11) is 1.20. The molecule has 1 saturated heterocycles. The number of ether oxygens (including phenoxy) is 2. The molecular weight excluding hydrogens is 364 g/mol. The third kappa shape index (κ3) is 4.22. The van der Waals surface area contributed by atoms with Crippen LogP contribution in [0.2, 0.25) is 0 Å². The predicted molar refractivity (Wildman–Crippen MR) is 99.8 cm³/mol. The molecule has 8 heteroatoms. The first-order valence-electron chi connectivity index (χ1n) is 8.66. The van der Waals surface area contributed by atoms with Crippen LogP contribution in [-0.2, 0) is 20.9 Å². The summed E-state index contributed by atoms with van der Waals surface area (Å²) in [5.41, 5.74) is 0.949. The standard InChI is InChI=1S/C20H20N2O6/c1-27-19(25)15-8-5-9-16(17(15)23)21-18(24)14-10-22(11-14)20(26)28-12-13-6-3-2-4-7-13/h2-9,14,23H,10-12H2,1H3,(H,21,24). The Morgan fingerprint density at radius 3 is 2.50 bits per heavy atom. The molecule has 1 aliphatic rings. The molecule has 0 aromatic heterocycles. The summed E-state index contributed by atoms with van der Waals surface area (Å²) in [6, 6.07) is 13.7. The number of amides is 2. The molecule has 1 heterocycles. The lowest BCUT2D eigenvalue weighted by atomic mass is 9.99. The van der Waals surface area contributed by atoms with E-state index in [1.165, 1.54) is 30.2 Å². The van der Waals surface area contributed by atoms with Gasteiger partial charge in [-0.25, -0.2) is 9.59 Å². The zero-order valence-corrected chi connectivity index (χ0v) is 15.3. The van der Waals surface area contributed by atoms with Gasteiger partial charge in [0.15, 0.2) is 5.75 Å². The average Bonchev–Trinajstić information content (AvgIpc) is 2.67. The van der Waals surface area contributed by atoms with Gasteiger partial charge in [-0.05, 0) is 17.7 Å². The predicted octanol–water partition coefficient (Wildman–Crippen LogP) is 2.39. The van der Waals surface area contributed by atoms with Crippen LogP contribution >= 0.6 is 0 Å². The molecule has 0 bridgehead atoms. The molecule has 0 saturated carbocycles. The molecule has 146 valence electrons. The van der Waals surface area contributed by atoms with Crippen LogP contribution in [0.5, 0.6) is 5.75 Å². The van der Waals surface area contributed by atoms with Crippen LogP contribution in [0.3, 0.4) is 0 Å². The average molecular weight is 384 g/mol. The van der Waals surface area contributed by atoms with E-state index in [2.05, 4.69) is 10.1 Å². The highest BCUT2D eigenvalue weighted by molar-refractivity contribution is 5.99. The largest absolute Gasteiger partial charge is 0.505 e. The molecule has 0 spiro atoms. The van der Waals surface area contributed by atoms with E-state index in [0.29, 0.717) is 0 Å². The zero-order chi connectivity index (χ0) is 20.1. The summed E-state index contributed by atoms with van der Waals surface area (Å²) in [6.45, 7) is 0.606. The molecule has 2 amide bonds. The van der Waals surface area contributed by atoms with E-state index >= 15 is 0 Å². The van der Waals surface area contributed by atoms with Gasteiger partial charge in [0, 0.05) is 13.1 Å². The van der Waals surface area contributed by atoms with E-state index in [1.807, 2.05) is 30.3 Å². The number of aromatic hydroxyl groups is 1. The Morgan fingerprint density at radius 1 is 1.11 bits per heavy atom. The maximum Gasteiger partial charge on any atom is 0.410 e. The number of phenols is 1. The van der Waals surface area contributed by atoms with Crippen LogP contribution in [-0.4, -0.2) is 48.2 Å². The third-order valence-corrected chi connectivity index (χ3v) is 4.41. The molecule has 0 aliphatic carbocycles. The normalized spacial score (nSPS) is 13.4. The maximum atomic E-state index is 12.3. The summed E-state index contributed by atoms with van der Waals surface area (Å²) in [6.07, 6.45) is -0.483. The van der Waals surface area contributed by atoms with E-state index in [9.17, 15) is 19.5 Å². The monoisotopic (exact) mass is 384 g/mol. The van der Waals surface area contributed by atoms with E-state index < -0.39 is 18.0 Å². The summed E-state index contributed by atoms with van der Waals surface area (Å²) < 4.78 is 9.80. The van der Waals surface area contributed by atoms with Crippen molar-refractivity contribution < 1.29 is 29.0 Å². The second-order valence-corrected chi connectivity index (χ2v) is 6.32. The Labute approximate surface area is 161 Å². The first-order valence-corrected chi connectivity index (χ1v) is 8.66. The van der Waals surface area contributed by atoms with Gasteiger partial charge in [-0.3, -0.25) is 4.79 Å². The van der Waals surface area contributed by atoms with Crippen LogP contribution in [0.1, 0.15) is 15.9 Å².